The number of hydrogen-bond acceptors (Lipinski definition) is 7. The molecule has 1 saturated heterocycles. The van der Waals surface area contributed by atoms with Gasteiger partial charge in [-0.1, -0.05) is 23.5 Å². The standard InChI is InChI=1S/C18H21N3O5S/c1-25-14-4-2-13(3-5-14)15(20-8-10-26-11-9-20)12-19-18(22)16-6-7-17(27-16)21(23)24/h2-7,15H,8-12H2,1H3,(H,19,22). The van der Waals surface area contributed by atoms with Gasteiger partial charge in [0.1, 0.15) is 5.75 Å². The molecule has 1 aromatic heterocycles. The number of thiophene rings is 1. The van der Waals surface area contributed by atoms with E-state index in [1.54, 1.807) is 7.11 Å². The number of rotatable bonds is 7. The van der Waals surface area contributed by atoms with E-state index in [1.807, 2.05) is 24.3 Å². The maximum absolute atomic E-state index is 12.4. The monoisotopic (exact) mass is 391 g/mol. The Kier molecular flexibility index (Phi) is 6.38. The zero-order valence-corrected chi connectivity index (χ0v) is 15.7. The lowest BCUT2D eigenvalue weighted by molar-refractivity contribution is -0.380. The Morgan fingerprint density at radius 3 is 2.59 bits per heavy atom. The zero-order chi connectivity index (χ0) is 19.2. The molecule has 1 aliphatic heterocycles. The number of methoxy groups -OCH3 is 1. The Bertz CT molecular complexity index is 787. The second-order valence-corrected chi connectivity index (χ2v) is 7.10. The molecule has 1 N–H and O–H groups in total. The first-order valence-corrected chi connectivity index (χ1v) is 9.38. The summed E-state index contributed by atoms with van der Waals surface area (Å²) >= 11 is 0.876. The van der Waals surface area contributed by atoms with Crippen LogP contribution < -0.4 is 10.1 Å². The van der Waals surface area contributed by atoms with Gasteiger partial charge in [-0.3, -0.25) is 19.8 Å². The Morgan fingerprint density at radius 2 is 2.00 bits per heavy atom. The molecule has 27 heavy (non-hydrogen) atoms. The van der Waals surface area contributed by atoms with E-state index in [4.69, 9.17) is 9.47 Å². The van der Waals surface area contributed by atoms with Crippen molar-refractivity contribution in [2.24, 2.45) is 0 Å². The van der Waals surface area contributed by atoms with Crippen LogP contribution in [0.3, 0.4) is 0 Å². The molecule has 0 spiro atoms. The molecular weight excluding hydrogens is 370 g/mol. The molecule has 0 radical (unpaired) electrons. The summed E-state index contributed by atoms with van der Waals surface area (Å²) in [5.74, 6) is 0.467. The molecule has 8 nitrogen and oxygen atoms in total. The number of ether oxygens (including phenoxy) is 2. The van der Waals surface area contributed by atoms with Gasteiger partial charge in [-0.05, 0) is 23.8 Å². The van der Waals surface area contributed by atoms with Crippen LogP contribution in [0.2, 0.25) is 0 Å². The molecule has 1 aromatic carbocycles. The fourth-order valence-electron chi connectivity index (χ4n) is 3.00. The summed E-state index contributed by atoms with van der Waals surface area (Å²) in [6.45, 7) is 3.25. The van der Waals surface area contributed by atoms with E-state index in [0.717, 1.165) is 35.7 Å². The highest BCUT2D eigenvalue weighted by Gasteiger charge is 2.24. The maximum Gasteiger partial charge on any atom is 0.324 e. The number of benzene rings is 1. The summed E-state index contributed by atoms with van der Waals surface area (Å²) < 4.78 is 10.6. The third-order valence-electron chi connectivity index (χ3n) is 4.44. The van der Waals surface area contributed by atoms with E-state index in [-0.39, 0.29) is 17.0 Å². The fourth-order valence-corrected chi connectivity index (χ4v) is 3.73. The van der Waals surface area contributed by atoms with Crippen LogP contribution in [0.25, 0.3) is 0 Å². The lowest BCUT2D eigenvalue weighted by Gasteiger charge is -2.35. The number of morpholine rings is 1. The Labute approximate surface area is 160 Å². The van der Waals surface area contributed by atoms with E-state index in [2.05, 4.69) is 10.2 Å². The van der Waals surface area contributed by atoms with Gasteiger partial charge < -0.3 is 14.8 Å². The van der Waals surface area contributed by atoms with Gasteiger partial charge in [0.05, 0.1) is 36.2 Å². The van der Waals surface area contributed by atoms with Crippen molar-refractivity contribution >= 4 is 22.2 Å². The smallest absolute Gasteiger partial charge is 0.324 e. The Morgan fingerprint density at radius 1 is 1.30 bits per heavy atom. The molecule has 0 aliphatic carbocycles. The van der Waals surface area contributed by atoms with E-state index < -0.39 is 4.92 Å². The molecule has 1 fully saturated rings. The van der Waals surface area contributed by atoms with Crippen molar-refractivity contribution in [3.8, 4) is 5.75 Å². The van der Waals surface area contributed by atoms with Gasteiger partial charge >= 0.3 is 5.00 Å². The van der Waals surface area contributed by atoms with Gasteiger partial charge in [0.2, 0.25) is 0 Å². The summed E-state index contributed by atoms with van der Waals surface area (Å²) in [7, 11) is 1.62. The molecule has 144 valence electrons. The van der Waals surface area contributed by atoms with Crippen LogP contribution in [0.5, 0.6) is 5.75 Å². The average molecular weight is 391 g/mol. The number of carbonyl (C=O) groups is 1. The number of nitrogens with one attached hydrogen (secondary N) is 1. The SMILES string of the molecule is COc1ccc(C(CNC(=O)c2ccc([N+](=O)[O-])s2)N2CCOCC2)cc1. The van der Waals surface area contributed by atoms with Crippen molar-refractivity contribution in [3.63, 3.8) is 0 Å². The average Bonchev–Trinajstić information content (AvgIpc) is 3.20. The quantitative estimate of drug-likeness (QED) is 0.576. The summed E-state index contributed by atoms with van der Waals surface area (Å²) in [5, 5.41) is 13.7. The predicted molar refractivity (Wildman–Crippen MR) is 101 cm³/mol. The summed E-state index contributed by atoms with van der Waals surface area (Å²) in [5.41, 5.74) is 1.06. The molecule has 0 bridgehead atoms. The predicted octanol–water partition coefficient (Wildman–Crippen LogP) is 2.47. The molecule has 1 unspecified atom stereocenters. The van der Waals surface area contributed by atoms with Gasteiger partial charge in [-0.2, -0.15) is 0 Å². The van der Waals surface area contributed by atoms with Crippen molar-refractivity contribution in [3.05, 3.63) is 57.0 Å². The minimum Gasteiger partial charge on any atom is -0.497 e. The van der Waals surface area contributed by atoms with Crippen molar-refractivity contribution in [2.45, 2.75) is 6.04 Å². The van der Waals surface area contributed by atoms with E-state index in [1.165, 1.54) is 12.1 Å². The van der Waals surface area contributed by atoms with Crippen LogP contribution in [0.4, 0.5) is 5.00 Å². The molecule has 2 heterocycles. The second kappa shape index (κ2) is 8.94. The second-order valence-electron chi connectivity index (χ2n) is 6.04. The first-order valence-electron chi connectivity index (χ1n) is 8.56. The highest BCUT2D eigenvalue weighted by Crippen LogP contribution is 2.26. The minimum absolute atomic E-state index is 0.0151. The van der Waals surface area contributed by atoms with E-state index in [0.29, 0.717) is 24.6 Å². The lowest BCUT2D eigenvalue weighted by Crippen LogP contribution is -2.43. The van der Waals surface area contributed by atoms with Gasteiger partial charge in [0.15, 0.2) is 0 Å². The van der Waals surface area contributed by atoms with Gasteiger partial charge in [-0.25, -0.2) is 0 Å². The van der Waals surface area contributed by atoms with Crippen LogP contribution in [0.15, 0.2) is 36.4 Å². The summed E-state index contributed by atoms with van der Waals surface area (Å²) in [6.07, 6.45) is 0. The number of carbonyl (C=O) groups excluding carboxylic acids is 1. The van der Waals surface area contributed by atoms with E-state index >= 15 is 0 Å². The first-order chi connectivity index (χ1) is 13.1. The fraction of sp³-hybridized carbons (Fsp3) is 0.389. The Balaban J connectivity index is 1.71. The Hall–Kier alpha value is -2.49. The lowest BCUT2D eigenvalue weighted by atomic mass is 10.0. The van der Waals surface area contributed by atoms with Crippen molar-refractivity contribution in [2.75, 3.05) is 40.0 Å². The molecule has 1 amide bonds. The highest BCUT2D eigenvalue weighted by molar-refractivity contribution is 7.17. The molecule has 1 aliphatic rings. The molecule has 3 rings (SSSR count). The van der Waals surface area contributed by atoms with Crippen LogP contribution in [0.1, 0.15) is 21.3 Å². The third kappa shape index (κ3) is 4.82. The highest BCUT2D eigenvalue weighted by atomic mass is 32.1. The number of nitro groups is 1. The van der Waals surface area contributed by atoms with Crippen molar-refractivity contribution in [1.29, 1.82) is 0 Å². The molecule has 0 saturated carbocycles. The largest absolute Gasteiger partial charge is 0.497 e. The molecule has 1 atom stereocenters. The summed E-state index contributed by atoms with van der Waals surface area (Å²) in [6, 6.07) is 10.6. The molecule has 9 heteroatoms. The van der Waals surface area contributed by atoms with Crippen LogP contribution in [-0.4, -0.2) is 55.7 Å². The zero-order valence-electron chi connectivity index (χ0n) is 14.9. The molecule has 2 aromatic rings. The van der Waals surface area contributed by atoms with Crippen molar-refractivity contribution < 1.29 is 19.2 Å². The van der Waals surface area contributed by atoms with Crippen molar-refractivity contribution in [1.82, 2.24) is 10.2 Å². The molecular formula is C18H21N3O5S. The number of nitrogens with zero attached hydrogens (tertiary/aromatic N) is 2. The normalized spacial score (nSPS) is 15.9. The maximum atomic E-state index is 12.4. The topological polar surface area (TPSA) is 93.9 Å². The number of amides is 1. The summed E-state index contributed by atoms with van der Waals surface area (Å²) in [4.78, 5) is 25.3. The van der Waals surface area contributed by atoms with Gasteiger partial charge in [0.25, 0.3) is 5.91 Å². The van der Waals surface area contributed by atoms with Crippen LogP contribution in [-0.2, 0) is 4.74 Å². The van der Waals surface area contributed by atoms with Gasteiger partial charge in [0, 0.05) is 25.7 Å². The van der Waals surface area contributed by atoms with Gasteiger partial charge in [-0.15, -0.1) is 0 Å². The number of hydrogen-bond donors (Lipinski definition) is 1. The van der Waals surface area contributed by atoms with Crippen LogP contribution in [0, 0.1) is 10.1 Å². The first kappa shape index (κ1) is 19.3. The minimum atomic E-state index is -0.491. The third-order valence-corrected chi connectivity index (χ3v) is 5.47. The van der Waals surface area contributed by atoms with Crippen LogP contribution >= 0.6 is 11.3 Å². The van der Waals surface area contributed by atoms with E-state index in [9.17, 15) is 14.9 Å².